The van der Waals surface area contributed by atoms with Crippen molar-refractivity contribution in [1.29, 1.82) is 0 Å². The van der Waals surface area contributed by atoms with Crippen molar-refractivity contribution in [2.75, 3.05) is 33.3 Å². The van der Waals surface area contributed by atoms with Gasteiger partial charge in [-0.15, -0.1) is 0 Å². The van der Waals surface area contributed by atoms with Gasteiger partial charge in [-0.25, -0.2) is 0 Å². The zero-order valence-corrected chi connectivity index (χ0v) is 18.7. The van der Waals surface area contributed by atoms with Crippen molar-refractivity contribution in [3.8, 4) is 0 Å². The molecule has 10 heteroatoms. The number of rotatable bonds is 15. The van der Waals surface area contributed by atoms with Gasteiger partial charge in [0.15, 0.2) is 0 Å². The van der Waals surface area contributed by atoms with Crippen LogP contribution in [0.4, 0.5) is 0 Å². The number of nitrogens with one attached hydrogen (secondary N) is 2. The lowest BCUT2D eigenvalue weighted by molar-refractivity contribution is -0.141. The summed E-state index contributed by atoms with van der Waals surface area (Å²) in [5.74, 6) is -1.56. The summed E-state index contributed by atoms with van der Waals surface area (Å²) >= 11 is 0. The highest BCUT2D eigenvalue weighted by Crippen LogP contribution is 2.07. The van der Waals surface area contributed by atoms with Crippen molar-refractivity contribution in [2.24, 2.45) is 17.4 Å². The highest BCUT2D eigenvalue weighted by atomic mass is 16.5. The van der Waals surface area contributed by atoms with Crippen LogP contribution in [0.15, 0.2) is 0 Å². The van der Waals surface area contributed by atoms with Gasteiger partial charge in [0.2, 0.25) is 17.7 Å². The zero-order valence-electron chi connectivity index (χ0n) is 18.7. The Labute approximate surface area is 179 Å². The molecule has 0 saturated heterocycles. The third-order valence-electron chi connectivity index (χ3n) is 4.42. The van der Waals surface area contributed by atoms with Gasteiger partial charge in [-0.05, 0) is 44.6 Å². The largest absolute Gasteiger partial charge is 0.468 e. The van der Waals surface area contributed by atoms with Gasteiger partial charge in [-0.3, -0.25) is 19.2 Å². The molecule has 174 valence electrons. The standard InChI is InChI=1S/C20H39N5O5/c1-5-10-25(20(29)15(22)11-14(2)3)13-17(26)24-16(8-6-7-9-21)19(28)23-12-18(27)30-4/h14-16H,5-13,21-22H2,1-4H3,(H,23,28)(H,24,26). The van der Waals surface area contributed by atoms with Gasteiger partial charge in [0, 0.05) is 6.54 Å². The predicted octanol–water partition coefficient (Wildman–Crippen LogP) is -0.499. The lowest BCUT2D eigenvalue weighted by Crippen LogP contribution is -2.53. The van der Waals surface area contributed by atoms with Gasteiger partial charge in [0.05, 0.1) is 19.7 Å². The Balaban J connectivity index is 5.03. The van der Waals surface area contributed by atoms with Crippen LogP contribution in [0.1, 0.15) is 52.9 Å². The number of carbonyl (C=O) groups excluding carboxylic acids is 4. The van der Waals surface area contributed by atoms with E-state index in [2.05, 4.69) is 15.4 Å². The first-order chi connectivity index (χ1) is 14.2. The topological polar surface area (TPSA) is 157 Å². The van der Waals surface area contributed by atoms with Gasteiger partial charge in [0.25, 0.3) is 0 Å². The fourth-order valence-electron chi connectivity index (χ4n) is 2.91. The van der Waals surface area contributed by atoms with E-state index in [0.29, 0.717) is 45.2 Å². The Morgan fingerprint density at radius 2 is 1.80 bits per heavy atom. The second-order valence-electron chi connectivity index (χ2n) is 7.69. The fourth-order valence-corrected chi connectivity index (χ4v) is 2.91. The molecule has 0 saturated carbocycles. The highest BCUT2D eigenvalue weighted by molar-refractivity contribution is 5.92. The molecule has 2 atom stereocenters. The molecule has 0 aromatic carbocycles. The van der Waals surface area contributed by atoms with Crippen molar-refractivity contribution in [3.63, 3.8) is 0 Å². The van der Waals surface area contributed by atoms with E-state index in [9.17, 15) is 19.2 Å². The van der Waals surface area contributed by atoms with Crippen molar-refractivity contribution < 1.29 is 23.9 Å². The van der Waals surface area contributed by atoms with E-state index >= 15 is 0 Å². The lowest BCUT2D eigenvalue weighted by Gasteiger charge is -2.26. The first-order valence-corrected chi connectivity index (χ1v) is 10.5. The van der Waals surface area contributed by atoms with E-state index in [0.717, 1.165) is 0 Å². The van der Waals surface area contributed by atoms with E-state index in [4.69, 9.17) is 11.5 Å². The molecule has 0 aliphatic rings. The quantitative estimate of drug-likeness (QED) is 0.202. The number of amides is 3. The van der Waals surface area contributed by atoms with Crippen LogP contribution >= 0.6 is 0 Å². The van der Waals surface area contributed by atoms with E-state index in [1.807, 2.05) is 20.8 Å². The molecule has 2 unspecified atom stereocenters. The highest BCUT2D eigenvalue weighted by Gasteiger charge is 2.26. The maximum atomic E-state index is 12.6. The van der Waals surface area contributed by atoms with Crippen LogP contribution in [-0.4, -0.2) is 74.0 Å². The molecule has 0 spiro atoms. The Morgan fingerprint density at radius 1 is 1.13 bits per heavy atom. The number of nitrogens with two attached hydrogens (primary N) is 2. The van der Waals surface area contributed by atoms with Gasteiger partial charge >= 0.3 is 5.97 Å². The monoisotopic (exact) mass is 429 g/mol. The van der Waals surface area contributed by atoms with Crippen molar-refractivity contribution >= 4 is 23.7 Å². The smallest absolute Gasteiger partial charge is 0.325 e. The van der Waals surface area contributed by atoms with Crippen molar-refractivity contribution in [3.05, 3.63) is 0 Å². The molecule has 0 rings (SSSR count). The summed E-state index contributed by atoms with van der Waals surface area (Å²) in [4.78, 5) is 50.3. The summed E-state index contributed by atoms with van der Waals surface area (Å²) in [5, 5.41) is 5.11. The van der Waals surface area contributed by atoms with Gasteiger partial charge in [-0.1, -0.05) is 20.8 Å². The predicted molar refractivity (Wildman–Crippen MR) is 114 cm³/mol. The summed E-state index contributed by atoms with van der Waals surface area (Å²) in [7, 11) is 1.22. The SMILES string of the molecule is CCCN(CC(=O)NC(CCCCN)C(=O)NCC(=O)OC)C(=O)C(N)CC(C)C. The second-order valence-corrected chi connectivity index (χ2v) is 7.69. The summed E-state index contributed by atoms with van der Waals surface area (Å²) in [6.07, 6.45) is 2.89. The molecule has 0 aliphatic heterocycles. The van der Waals surface area contributed by atoms with E-state index in [-0.39, 0.29) is 24.9 Å². The minimum absolute atomic E-state index is 0.184. The van der Waals surface area contributed by atoms with Gasteiger partial charge < -0.3 is 31.7 Å². The molecule has 6 N–H and O–H groups in total. The first kappa shape index (κ1) is 27.8. The number of nitrogens with zero attached hydrogens (tertiary/aromatic N) is 1. The summed E-state index contributed by atoms with van der Waals surface area (Å²) < 4.78 is 4.50. The molecule has 0 heterocycles. The molecule has 0 bridgehead atoms. The molecule has 0 aromatic heterocycles. The molecule has 30 heavy (non-hydrogen) atoms. The van der Waals surface area contributed by atoms with Crippen LogP contribution in [0.3, 0.4) is 0 Å². The van der Waals surface area contributed by atoms with Gasteiger partial charge in [0.1, 0.15) is 12.6 Å². The fraction of sp³-hybridized carbons (Fsp3) is 0.800. The minimum Gasteiger partial charge on any atom is -0.468 e. The number of carbonyl (C=O) groups is 4. The van der Waals surface area contributed by atoms with E-state index in [1.165, 1.54) is 12.0 Å². The molecular weight excluding hydrogens is 390 g/mol. The molecule has 0 radical (unpaired) electrons. The molecule has 0 aromatic rings. The number of unbranched alkanes of at least 4 members (excludes halogenated alkanes) is 1. The Bertz CT molecular complexity index is 556. The molecule has 0 fully saturated rings. The number of hydrogen-bond acceptors (Lipinski definition) is 7. The third kappa shape index (κ3) is 11.7. The molecule has 3 amide bonds. The van der Waals surface area contributed by atoms with E-state index in [1.54, 1.807) is 0 Å². The Hall–Kier alpha value is -2.20. The van der Waals surface area contributed by atoms with Crippen LogP contribution in [-0.2, 0) is 23.9 Å². The lowest BCUT2D eigenvalue weighted by atomic mass is 10.0. The Kier molecular flexibility index (Phi) is 14.5. The van der Waals surface area contributed by atoms with E-state index < -0.39 is 29.9 Å². The van der Waals surface area contributed by atoms with Crippen molar-refractivity contribution in [1.82, 2.24) is 15.5 Å². The average Bonchev–Trinajstić information content (AvgIpc) is 2.69. The minimum atomic E-state index is -0.836. The van der Waals surface area contributed by atoms with Gasteiger partial charge in [-0.2, -0.15) is 0 Å². The van der Waals surface area contributed by atoms with Crippen LogP contribution in [0.5, 0.6) is 0 Å². The normalized spacial score (nSPS) is 12.8. The van der Waals surface area contributed by atoms with Crippen LogP contribution in [0.2, 0.25) is 0 Å². The number of methoxy groups -OCH3 is 1. The molecule has 0 aliphatic carbocycles. The molecular formula is C20H39N5O5. The van der Waals surface area contributed by atoms with Crippen LogP contribution in [0.25, 0.3) is 0 Å². The van der Waals surface area contributed by atoms with Crippen LogP contribution < -0.4 is 22.1 Å². The summed E-state index contributed by atoms with van der Waals surface area (Å²) in [6, 6.07) is -1.51. The number of esters is 1. The second kappa shape index (κ2) is 15.6. The molecule has 10 nitrogen and oxygen atoms in total. The zero-order chi connectivity index (χ0) is 23.1. The average molecular weight is 430 g/mol. The summed E-state index contributed by atoms with van der Waals surface area (Å²) in [5.41, 5.74) is 11.5. The number of ether oxygens (including phenoxy) is 1. The first-order valence-electron chi connectivity index (χ1n) is 10.5. The maximum Gasteiger partial charge on any atom is 0.325 e. The summed E-state index contributed by atoms with van der Waals surface area (Å²) in [6.45, 7) is 6.24. The third-order valence-corrected chi connectivity index (χ3v) is 4.42. The Morgan fingerprint density at radius 3 is 2.33 bits per heavy atom. The van der Waals surface area contributed by atoms with Crippen LogP contribution in [0, 0.1) is 5.92 Å². The maximum absolute atomic E-state index is 12.6. The van der Waals surface area contributed by atoms with Crippen molar-refractivity contribution in [2.45, 2.75) is 65.0 Å². The number of hydrogen-bond donors (Lipinski definition) is 4.